The minimum atomic E-state index is -0.672. The van der Waals surface area contributed by atoms with Gasteiger partial charge in [0.1, 0.15) is 0 Å². The summed E-state index contributed by atoms with van der Waals surface area (Å²) < 4.78 is 5.49. The summed E-state index contributed by atoms with van der Waals surface area (Å²) in [7, 11) is 0. The van der Waals surface area contributed by atoms with Gasteiger partial charge in [-0.15, -0.1) is 0 Å². The van der Waals surface area contributed by atoms with Crippen LogP contribution < -0.4 is 5.32 Å². The number of carbonyl (C=O) groups is 2. The Morgan fingerprint density at radius 3 is 1.08 bits per heavy atom. The molecule has 0 aliphatic rings. The zero-order chi connectivity index (χ0) is 47.9. The average molecular weight is 931 g/mol. The Hall–Kier alpha value is -1.66. The lowest BCUT2D eigenvalue weighted by atomic mass is 10.0. The highest BCUT2D eigenvalue weighted by Crippen LogP contribution is 2.17. The monoisotopic (exact) mass is 930 g/mol. The van der Waals surface area contributed by atoms with E-state index in [1.54, 1.807) is 0 Å². The van der Waals surface area contributed by atoms with Crippen LogP contribution in [0.4, 0.5) is 0 Å². The van der Waals surface area contributed by atoms with Crippen molar-refractivity contribution in [1.29, 1.82) is 0 Å². The highest BCUT2D eigenvalue weighted by atomic mass is 16.5. The topological polar surface area (TPSA) is 95.9 Å². The van der Waals surface area contributed by atoms with Gasteiger partial charge in [0.2, 0.25) is 5.91 Å². The number of hydrogen-bond acceptors (Lipinski definition) is 5. The number of nitrogens with one attached hydrogen (secondary N) is 1. The third-order valence-electron chi connectivity index (χ3n) is 13.7. The Morgan fingerprint density at radius 1 is 0.409 bits per heavy atom. The molecule has 0 aromatic rings. The summed E-state index contributed by atoms with van der Waals surface area (Å²) in [5.41, 5.74) is 0. The molecule has 66 heavy (non-hydrogen) atoms. The number of amides is 1. The van der Waals surface area contributed by atoms with Crippen LogP contribution in [0.15, 0.2) is 24.3 Å². The molecule has 3 N–H and O–H groups in total. The number of esters is 1. The molecule has 6 heteroatoms. The number of allylic oxidation sites excluding steroid dienone is 4. The first kappa shape index (κ1) is 64.3. The number of unbranched alkanes of at least 4 members (excludes halogenated alkanes) is 40. The average Bonchev–Trinajstić information content (AvgIpc) is 3.32. The molecule has 0 aromatic carbocycles. The maximum absolute atomic E-state index is 12.4. The summed E-state index contributed by atoms with van der Waals surface area (Å²) in [6.07, 6.45) is 67.5. The van der Waals surface area contributed by atoms with Crippen molar-refractivity contribution >= 4 is 11.9 Å². The van der Waals surface area contributed by atoms with Gasteiger partial charge in [-0.3, -0.25) is 9.59 Å². The minimum Gasteiger partial charge on any atom is -0.466 e. The van der Waals surface area contributed by atoms with Crippen molar-refractivity contribution in [3.05, 3.63) is 24.3 Å². The summed E-state index contributed by atoms with van der Waals surface area (Å²) in [5.74, 6) is -0.0465. The number of aliphatic hydroxyl groups excluding tert-OH is 2. The van der Waals surface area contributed by atoms with Crippen LogP contribution in [0, 0.1) is 0 Å². The molecule has 390 valence electrons. The molecule has 0 aliphatic carbocycles. The zero-order valence-corrected chi connectivity index (χ0v) is 44.4. The van der Waals surface area contributed by atoms with Gasteiger partial charge in [-0.05, 0) is 77.0 Å². The molecule has 0 aliphatic heterocycles. The van der Waals surface area contributed by atoms with Crippen LogP contribution in [-0.2, 0) is 14.3 Å². The Kier molecular flexibility index (Phi) is 54.5. The quantitative estimate of drug-likeness (QED) is 0.0321. The highest BCUT2D eigenvalue weighted by molar-refractivity contribution is 5.76. The summed E-state index contributed by atoms with van der Waals surface area (Å²) >= 11 is 0. The fourth-order valence-corrected chi connectivity index (χ4v) is 9.16. The lowest BCUT2D eigenvalue weighted by Gasteiger charge is -2.22. The molecule has 6 nitrogen and oxygen atoms in total. The molecule has 0 spiro atoms. The Bertz CT molecular complexity index is 1030. The number of ether oxygens (including phenoxy) is 1. The van der Waals surface area contributed by atoms with Crippen molar-refractivity contribution in [1.82, 2.24) is 5.32 Å². The van der Waals surface area contributed by atoms with Crippen molar-refractivity contribution in [3.63, 3.8) is 0 Å². The van der Waals surface area contributed by atoms with Crippen LogP contribution in [0.25, 0.3) is 0 Å². The van der Waals surface area contributed by atoms with Gasteiger partial charge in [0.15, 0.2) is 0 Å². The lowest BCUT2D eigenvalue weighted by molar-refractivity contribution is -0.143. The second-order valence-corrected chi connectivity index (χ2v) is 20.3. The van der Waals surface area contributed by atoms with Gasteiger partial charge in [0.05, 0.1) is 25.4 Å². The lowest BCUT2D eigenvalue weighted by Crippen LogP contribution is -2.45. The third kappa shape index (κ3) is 51.7. The van der Waals surface area contributed by atoms with E-state index in [2.05, 4.69) is 43.5 Å². The first-order valence-corrected chi connectivity index (χ1v) is 29.6. The van der Waals surface area contributed by atoms with Crippen molar-refractivity contribution in [3.8, 4) is 0 Å². The van der Waals surface area contributed by atoms with Crippen LogP contribution in [0.3, 0.4) is 0 Å². The van der Waals surface area contributed by atoms with E-state index in [4.69, 9.17) is 4.74 Å². The third-order valence-corrected chi connectivity index (χ3v) is 13.7. The van der Waals surface area contributed by atoms with E-state index in [0.717, 1.165) is 57.8 Å². The van der Waals surface area contributed by atoms with E-state index < -0.39 is 12.1 Å². The van der Waals surface area contributed by atoms with E-state index in [0.29, 0.717) is 25.9 Å². The molecule has 0 rings (SSSR count). The molecule has 0 fully saturated rings. The van der Waals surface area contributed by atoms with E-state index in [1.807, 2.05) is 0 Å². The number of hydrogen-bond donors (Lipinski definition) is 3. The molecule has 0 bridgehead atoms. The molecular formula is C60H115NO5. The predicted octanol–water partition coefficient (Wildman–Crippen LogP) is 18.2. The van der Waals surface area contributed by atoms with Gasteiger partial charge < -0.3 is 20.3 Å². The van der Waals surface area contributed by atoms with E-state index in [9.17, 15) is 19.8 Å². The molecule has 0 heterocycles. The van der Waals surface area contributed by atoms with E-state index >= 15 is 0 Å². The van der Waals surface area contributed by atoms with E-state index in [-0.39, 0.29) is 18.5 Å². The molecular weight excluding hydrogens is 815 g/mol. The molecule has 0 saturated heterocycles. The molecule has 0 radical (unpaired) electrons. The minimum absolute atomic E-state index is 0.00272. The van der Waals surface area contributed by atoms with E-state index in [1.165, 1.54) is 231 Å². The van der Waals surface area contributed by atoms with Gasteiger partial charge >= 0.3 is 5.97 Å². The predicted molar refractivity (Wildman–Crippen MR) is 287 cm³/mol. The Labute approximate surface area is 411 Å². The van der Waals surface area contributed by atoms with Crippen molar-refractivity contribution in [2.45, 2.75) is 334 Å². The largest absolute Gasteiger partial charge is 0.466 e. The maximum atomic E-state index is 12.4. The molecule has 1 amide bonds. The fourth-order valence-electron chi connectivity index (χ4n) is 9.16. The second-order valence-electron chi connectivity index (χ2n) is 20.3. The van der Waals surface area contributed by atoms with Gasteiger partial charge in [-0.2, -0.15) is 0 Å². The van der Waals surface area contributed by atoms with Gasteiger partial charge in [0.25, 0.3) is 0 Å². The van der Waals surface area contributed by atoms with Crippen LogP contribution in [0.2, 0.25) is 0 Å². The van der Waals surface area contributed by atoms with Gasteiger partial charge in [0, 0.05) is 12.8 Å². The number of rotatable bonds is 55. The van der Waals surface area contributed by atoms with Crippen LogP contribution in [-0.4, -0.2) is 47.4 Å². The fraction of sp³-hybridized carbons (Fsp3) is 0.900. The van der Waals surface area contributed by atoms with Crippen molar-refractivity contribution in [2.75, 3.05) is 13.2 Å². The number of carbonyl (C=O) groups excluding carboxylic acids is 2. The van der Waals surface area contributed by atoms with Gasteiger partial charge in [-0.1, -0.05) is 256 Å². The Balaban J connectivity index is 3.41. The summed E-state index contributed by atoms with van der Waals surface area (Å²) in [6, 6.07) is -0.550. The molecule has 2 atom stereocenters. The highest BCUT2D eigenvalue weighted by Gasteiger charge is 2.20. The maximum Gasteiger partial charge on any atom is 0.305 e. The molecule has 0 aromatic heterocycles. The normalized spacial score (nSPS) is 12.7. The van der Waals surface area contributed by atoms with Crippen LogP contribution in [0.1, 0.15) is 322 Å². The first-order valence-electron chi connectivity index (χ1n) is 29.6. The summed E-state index contributed by atoms with van der Waals surface area (Å²) in [5, 5.41) is 23.2. The first-order chi connectivity index (χ1) is 32.5. The smallest absolute Gasteiger partial charge is 0.305 e. The SMILES string of the molecule is CCCCCCCC/C=C\CCCCCCCCCCCC(=O)OCCCCCCCCCCC/C=C\CCCCCCCC(=O)NC(CO)C(O)CCCCCCCCCCCCCC. The number of aliphatic hydroxyl groups is 2. The zero-order valence-electron chi connectivity index (χ0n) is 44.4. The standard InChI is InChI=1S/C60H115NO5/c1-3-5-7-9-11-13-15-17-18-19-20-24-27-30-34-38-42-46-50-54-60(65)66-55-51-47-43-39-35-31-28-25-22-21-23-26-29-33-37-41-45-49-53-59(64)61-57(56-62)58(63)52-48-44-40-36-32-16-14-12-10-8-6-4-2/h17-18,23,26,57-58,62-63H,3-16,19-22,24-25,27-56H2,1-2H3,(H,61,64)/b18-17-,26-23-. The van der Waals surface area contributed by atoms with Crippen molar-refractivity contribution < 1.29 is 24.5 Å². The summed E-state index contributed by atoms with van der Waals surface area (Å²) in [6.45, 7) is 4.94. The Morgan fingerprint density at radius 2 is 0.712 bits per heavy atom. The molecule has 0 saturated carbocycles. The van der Waals surface area contributed by atoms with Gasteiger partial charge in [-0.25, -0.2) is 0 Å². The van der Waals surface area contributed by atoms with Crippen LogP contribution in [0.5, 0.6) is 0 Å². The molecule has 2 unspecified atom stereocenters. The second kappa shape index (κ2) is 55.9. The van der Waals surface area contributed by atoms with Crippen LogP contribution >= 0.6 is 0 Å². The summed E-state index contributed by atoms with van der Waals surface area (Å²) in [4.78, 5) is 24.5. The van der Waals surface area contributed by atoms with Crippen molar-refractivity contribution in [2.24, 2.45) is 0 Å².